The number of alkyl carbamates (subject to hydrolysis) is 1. The van der Waals surface area contributed by atoms with Gasteiger partial charge in [0.2, 0.25) is 0 Å². The molecule has 4 nitrogen and oxygen atoms in total. The van der Waals surface area contributed by atoms with Gasteiger partial charge in [-0.15, -0.1) is 0 Å². The zero-order chi connectivity index (χ0) is 12.1. The first-order valence-electron chi connectivity index (χ1n) is 5.93. The van der Waals surface area contributed by atoms with Crippen LogP contribution < -0.4 is 10.1 Å². The van der Waals surface area contributed by atoms with Gasteiger partial charge in [-0.2, -0.15) is 0 Å². The van der Waals surface area contributed by atoms with Crippen LogP contribution in [-0.4, -0.2) is 25.3 Å². The van der Waals surface area contributed by atoms with Crippen molar-refractivity contribution in [3.8, 4) is 5.75 Å². The lowest BCUT2D eigenvalue weighted by Crippen LogP contribution is -2.28. The molecular weight excluding hydrogens is 218 g/mol. The second kappa shape index (κ2) is 5.57. The summed E-state index contributed by atoms with van der Waals surface area (Å²) in [5.41, 5.74) is 1.17. The number of rotatable bonds is 5. The number of hydrogen-bond donors (Lipinski definition) is 1. The topological polar surface area (TPSA) is 47.6 Å². The highest BCUT2D eigenvalue weighted by Crippen LogP contribution is 2.14. The Balaban J connectivity index is 1.87. The average Bonchev–Trinajstić information content (AvgIpc) is 2.74. The van der Waals surface area contributed by atoms with E-state index in [1.807, 2.05) is 24.3 Å². The summed E-state index contributed by atoms with van der Waals surface area (Å²) in [7, 11) is 0. The van der Waals surface area contributed by atoms with E-state index in [1.54, 1.807) is 0 Å². The van der Waals surface area contributed by atoms with Crippen molar-refractivity contribution >= 4 is 6.09 Å². The van der Waals surface area contributed by atoms with Gasteiger partial charge in [0.1, 0.15) is 12.4 Å². The number of nitrogens with one attached hydrogen (secondary N) is 1. The fraction of sp³-hybridized carbons (Fsp3) is 0.462. The molecule has 1 heterocycles. The Morgan fingerprint density at radius 1 is 1.41 bits per heavy atom. The minimum Gasteiger partial charge on any atom is -0.494 e. The summed E-state index contributed by atoms with van der Waals surface area (Å²) < 4.78 is 10.3. The number of amides is 1. The largest absolute Gasteiger partial charge is 0.494 e. The molecule has 1 saturated heterocycles. The third kappa shape index (κ3) is 3.37. The highest BCUT2D eigenvalue weighted by Gasteiger charge is 2.21. The molecule has 4 heteroatoms. The molecule has 1 atom stereocenters. The Hall–Kier alpha value is -1.71. The molecule has 1 aliphatic heterocycles. The summed E-state index contributed by atoms with van der Waals surface area (Å²) in [6, 6.07) is 8.06. The Kier molecular flexibility index (Phi) is 3.85. The van der Waals surface area contributed by atoms with E-state index in [2.05, 4.69) is 12.2 Å². The second-order valence-electron chi connectivity index (χ2n) is 4.14. The van der Waals surface area contributed by atoms with E-state index < -0.39 is 0 Å². The van der Waals surface area contributed by atoms with E-state index >= 15 is 0 Å². The molecule has 1 amide bonds. The van der Waals surface area contributed by atoms with E-state index in [1.165, 1.54) is 5.56 Å². The summed E-state index contributed by atoms with van der Waals surface area (Å²) in [5, 5.41) is 2.76. The molecule has 1 N–H and O–H groups in total. The zero-order valence-electron chi connectivity index (χ0n) is 9.94. The summed E-state index contributed by atoms with van der Waals surface area (Å²) in [6.45, 7) is 3.27. The number of benzene rings is 1. The summed E-state index contributed by atoms with van der Waals surface area (Å²) in [5.74, 6) is 0.891. The van der Waals surface area contributed by atoms with E-state index in [0.29, 0.717) is 6.61 Å². The quantitative estimate of drug-likeness (QED) is 0.850. The van der Waals surface area contributed by atoms with Gasteiger partial charge in [-0.3, -0.25) is 0 Å². The maximum atomic E-state index is 10.9. The molecule has 1 fully saturated rings. The van der Waals surface area contributed by atoms with Crippen LogP contribution in [0.25, 0.3) is 0 Å². The van der Waals surface area contributed by atoms with Gasteiger partial charge in [-0.1, -0.05) is 19.1 Å². The highest BCUT2D eigenvalue weighted by molar-refractivity contribution is 5.69. The SMILES string of the molecule is CCCOc1ccc(CC2COC(=O)N2)cc1. The van der Waals surface area contributed by atoms with Crippen molar-refractivity contribution in [1.29, 1.82) is 0 Å². The van der Waals surface area contributed by atoms with Crippen LogP contribution in [0.1, 0.15) is 18.9 Å². The molecule has 17 heavy (non-hydrogen) atoms. The molecule has 0 aliphatic carbocycles. The first-order chi connectivity index (χ1) is 8.28. The van der Waals surface area contributed by atoms with Gasteiger partial charge in [-0.05, 0) is 30.5 Å². The van der Waals surface area contributed by atoms with Crippen molar-refractivity contribution in [1.82, 2.24) is 5.32 Å². The fourth-order valence-corrected chi connectivity index (χ4v) is 1.76. The standard InChI is InChI=1S/C13H17NO3/c1-2-7-16-12-5-3-10(4-6-12)8-11-9-17-13(15)14-11/h3-6,11H,2,7-9H2,1H3,(H,14,15). The first kappa shape index (κ1) is 11.8. The Bertz CT molecular complexity index is 375. The maximum Gasteiger partial charge on any atom is 0.407 e. The van der Waals surface area contributed by atoms with Crippen molar-refractivity contribution in [2.75, 3.05) is 13.2 Å². The molecular formula is C13H17NO3. The third-order valence-corrected chi connectivity index (χ3v) is 2.62. The second-order valence-corrected chi connectivity index (χ2v) is 4.14. The van der Waals surface area contributed by atoms with E-state index in [0.717, 1.165) is 25.2 Å². The van der Waals surface area contributed by atoms with Gasteiger partial charge in [0, 0.05) is 0 Å². The van der Waals surface area contributed by atoms with Crippen LogP contribution in [0.2, 0.25) is 0 Å². The van der Waals surface area contributed by atoms with Crippen LogP contribution in [0.4, 0.5) is 4.79 Å². The fourth-order valence-electron chi connectivity index (χ4n) is 1.76. The number of carbonyl (C=O) groups excluding carboxylic acids is 1. The molecule has 1 aromatic rings. The monoisotopic (exact) mass is 235 g/mol. The van der Waals surface area contributed by atoms with Crippen LogP contribution in [0.3, 0.4) is 0 Å². The Morgan fingerprint density at radius 2 is 2.18 bits per heavy atom. The van der Waals surface area contributed by atoms with Gasteiger partial charge in [0.05, 0.1) is 12.6 Å². The van der Waals surface area contributed by atoms with Crippen LogP contribution >= 0.6 is 0 Å². The number of cyclic esters (lactones) is 1. The minimum absolute atomic E-state index is 0.0879. The molecule has 0 bridgehead atoms. The van der Waals surface area contributed by atoms with Crippen molar-refractivity contribution in [2.45, 2.75) is 25.8 Å². The summed E-state index contributed by atoms with van der Waals surface area (Å²) >= 11 is 0. The Morgan fingerprint density at radius 3 is 2.76 bits per heavy atom. The van der Waals surface area contributed by atoms with Gasteiger partial charge >= 0.3 is 6.09 Å². The van der Waals surface area contributed by atoms with Crippen LogP contribution in [0.5, 0.6) is 5.75 Å². The van der Waals surface area contributed by atoms with Crippen molar-refractivity contribution < 1.29 is 14.3 Å². The van der Waals surface area contributed by atoms with E-state index in [4.69, 9.17) is 9.47 Å². The normalized spacial score (nSPS) is 18.6. The lowest BCUT2D eigenvalue weighted by atomic mass is 10.1. The highest BCUT2D eigenvalue weighted by atomic mass is 16.6. The molecule has 2 rings (SSSR count). The van der Waals surface area contributed by atoms with Crippen LogP contribution in [0.15, 0.2) is 24.3 Å². The molecule has 0 spiro atoms. The molecule has 0 aromatic heterocycles. The molecule has 1 aromatic carbocycles. The molecule has 1 aliphatic rings. The Labute approximate surface area is 101 Å². The summed E-state index contributed by atoms with van der Waals surface area (Å²) in [4.78, 5) is 10.9. The molecule has 0 radical (unpaired) electrons. The first-order valence-corrected chi connectivity index (χ1v) is 5.93. The smallest absolute Gasteiger partial charge is 0.407 e. The lowest BCUT2D eigenvalue weighted by Gasteiger charge is -2.08. The lowest BCUT2D eigenvalue weighted by molar-refractivity contribution is 0.177. The maximum absolute atomic E-state index is 10.9. The van der Waals surface area contributed by atoms with Crippen molar-refractivity contribution in [3.05, 3.63) is 29.8 Å². The van der Waals surface area contributed by atoms with Gasteiger partial charge < -0.3 is 14.8 Å². The van der Waals surface area contributed by atoms with Gasteiger partial charge in [-0.25, -0.2) is 4.79 Å². The minimum atomic E-state index is -0.321. The number of carbonyl (C=O) groups is 1. The average molecular weight is 235 g/mol. The van der Waals surface area contributed by atoms with E-state index in [9.17, 15) is 4.79 Å². The van der Waals surface area contributed by atoms with Crippen molar-refractivity contribution in [2.24, 2.45) is 0 Å². The van der Waals surface area contributed by atoms with Gasteiger partial charge in [0.15, 0.2) is 0 Å². The predicted octanol–water partition coefficient (Wildman–Crippen LogP) is 2.13. The third-order valence-electron chi connectivity index (χ3n) is 2.62. The van der Waals surface area contributed by atoms with Gasteiger partial charge in [0.25, 0.3) is 0 Å². The zero-order valence-corrected chi connectivity index (χ0v) is 9.94. The van der Waals surface area contributed by atoms with Crippen LogP contribution in [0, 0.1) is 0 Å². The summed E-state index contributed by atoms with van der Waals surface area (Å²) in [6.07, 6.45) is 1.48. The van der Waals surface area contributed by atoms with Crippen LogP contribution in [-0.2, 0) is 11.2 Å². The van der Waals surface area contributed by atoms with E-state index in [-0.39, 0.29) is 12.1 Å². The number of ether oxygens (including phenoxy) is 2. The van der Waals surface area contributed by atoms with Crippen molar-refractivity contribution in [3.63, 3.8) is 0 Å². The molecule has 92 valence electrons. The predicted molar refractivity (Wildman–Crippen MR) is 64.2 cm³/mol. The molecule has 1 unspecified atom stereocenters. The number of hydrogen-bond acceptors (Lipinski definition) is 3. The molecule has 0 saturated carbocycles.